The summed E-state index contributed by atoms with van der Waals surface area (Å²) in [6, 6.07) is 5.46. The molecule has 3 rings (SSSR count). The molecular formula is C17H25FN2. The van der Waals surface area contributed by atoms with Crippen LogP contribution in [0.1, 0.15) is 44.2 Å². The maximum absolute atomic E-state index is 13.6. The minimum Gasteiger partial charge on any atom is -0.371 e. The molecule has 0 amide bonds. The largest absolute Gasteiger partial charge is 0.371 e. The monoisotopic (exact) mass is 276 g/mol. The zero-order valence-electron chi connectivity index (χ0n) is 12.5. The quantitative estimate of drug-likeness (QED) is 0.816. The highest BCUT2D eigenvalue weighted by Crippen LogP contribution is 2.37. The second kappa shape index (κ2) is 5.72. The van der Waals surface area contributed by atoms with Crippen LogP contribution in [0.3, 0.4) is 0 Å². The summed E-state index contributed by atoms with van der Waals surface area (Å²) in [7, 11) is 1.94. The standard InChI is InChI=1S/C17H25FN2/c1-12(19-2)16-9-15(18)7-8-17(16)20(10-13-3-4-13)11-14-5-6-14/h7-9,12-14,19H,3-6,10-11H2,1-2H3. The molecule has 1 unspecified atom stereocenters. The van der Waals surface area contributed by atoms with Crippen LogP contribution < -0.4 is 10.2 Å². The molecule has 0 bridgehead atoms. The Hall–Kier alpha value is -1.09. The number of anilines is 1. The summed E-state index contributed by atoms with van der Waals surface area (Å²) in [6.45, 7) is 4.39. The number of benzene rings is 1. The molecule has 2 fully saturated rings. The van der Waals surface area contributed by atoms with Crippen molar-refractivity contribution in [1.29, 1.82) is 0 Å². The van der Waals surface area contributed by atoms with Gasteiger partial charge in [0.25, 0.3) is 0 Å². The van der Waals surface area contributed by atoms with Gasteiger partial charge in [-0.1, -0.05) is 0 Å². The van der Waals surface area contributed by atoms with Crippen LogP contribution in [0.15, 0.2) is 18.2 Å². The van der Waals surface area contributed by atoms with Gasteiger partial charge in [0, 0.05) is 24.8 Å². The number of nitrogens with zero attached hydrogens (tertiary/aromatic N) is 1. The van der Waals surface area contributed by atoms with Crippen molar-refractivity contribution in [2.45, 2.75) is 38.6 Å². The van der Waals surface area contributed by atoms with Gasteiger partial charge in [-0.3, -0.25) is 0 Å². The molecule has 1 N–H and O–H groups in total. The topological polar surface area (TPSA) is 15.3 Å². The van der Waals surface area contributed by atoms with Crippen molar-refractivity contribution in [2.75, 3.05) is 25.0 Å². The summed E-state index contributed by atoms with van der Waals surface area (Å²) in [5.41, 5.74) is 2.32. The van der Waals surface area contributed by atoms with E-state index in [0.29, 0.717) is 0 Å². The average molecular weight is 276 g/mol. The molecule has 0 aromatic heterocycles. The molecule has 1 atom stereocenters. The smallest absolute Gasteiger partial charge is 0.123 e. The average Bonchev–Trinajstić information content (AvgIpc) is 3.32. The minimum absolute atomic E-state index is 0.136. The molecule has 2 saturated carbocycles. The molecule has 2 nitrogen and oxygen atoms in total. The van der Waals surface area contributed by atoms with Gasteiger partial charge in [0.15, 0.2) is 0 Å². The van der Waals surface area contributed by atoms with Crippen molar-refractivity contribution in [3.05, 3.63) is 29.6 Å². The highest BCUT2D eigenvalue weighted by Gasteiger charge is 2.30. The summed E-state index contributed by atoms with van der Waals surface area (Å²) >= 11 is 0. The molecule has 0 spiro atoms. The van der Waals surface area contributed by atoms with E-state index >= 15 is 0 Å². The van der Waals surface area contributed by atoms with E-state index in [9.17, 15) is 4.39 Å². The van der Waals surface area contributed by atoms with Gasteiger partial charge >= 0.3 is 0 Å². The summed E-state index contributed by atoms with van der Waals surface area (Å²) < 4.78 is 13.6. The molecule has 110 valence electrons. The molecular weight excluding hydrogens is 251 g/mol. The van der Waals surface area contributed by atoms with E-state index in [1.807, 2.05) is 13.1 Å². The Morgan fingerprint density at radius 1 is 1.20 bits per heavy atom. The van der Waals surface area contributed by atoms with Gasteiger partial charge in [-0.25, -0.2) is 4.39 Å². The fourth-order valence-corrected chi connectivity index (χ4v) is 2.81. The van der Waals surface area contributed by atoms with Gasteiger partial charge in [-0.05, 0) is 75.3 Å². The number of nitrogens with one attached hydrogen (secondary N) is 1. The maximum atomic E-state index is 13.6. The van der Waals surface area contributed by atoms with Gasteiger partial charge in [0.1, 0.15) is 5.82 Å². The molecule has 2 aliphatic carbocycles. The van der Waals surface area contributed by atoms with E-state index in [1.54, 1.807) is 12.1 Å². The third-order valence-electron chi connectivity index (χ3n) is 4.58. The van der Waals surface area contributed by atoms with Crippen molar-refractivity contribution in [3.63, 3.8) is 0 Å². The SMILES string of the molecule is CNC(C)c1cc(F)ccc1N(CC1CC1)CC1CC1. The van der Waals surface area contributed by atoms with Gasteiger partial charge in [0.2, 0.25) is 0 Å². The van der Waals surface area contributed by atoms with Crippen molar-refractivity contribution in [3.8, 4) is 0 Å². The molecule has 0 heterocycles. The number of halogens is 1. The first-order chi connectivity index (χ1) is 9.67. The summed E-state index contributed by atoms with van der Waals surface area (Å²) in [5, 5.41) is 3.25. The lowest BCUT2D eigenvalue weighted by Crippen LogP contribution is -2.30. The molecule has 20 heavy (non-hydrogen) atoms. The molecule has 0 aliphatic heterocycles. The van der Waals surface area contributed by atoms with E-state index in [-0.39, 0.29) is 11.9 Å². The lowest BCUT2D eigenvalue weighted by Gasteiger charge is -2.29. The Labute approximate surface area is 121 Å². The fourth-order valence-electron chi connectivity index (χ4n) is 2.81. The van der Waals surface area contributed by atoms with E-state index < -0.39 is 0 Å². The lowest BCUT2D eigenvalue weighted by molar-refractivity contribution is 0.601. The Kier molecular flexibility index (Phi) is 3.97. The summed E-state index contributed by atoms with van der Waals surface area (Å²) in [5.74, 6) is 1.58. The van der Waals surface area contributed by atoms with Crippen molar-refractivity contribution < 1.29 is 4.39 Å². The zero-order chi connectivity index (χ0) is 14.1. The molecule has 0 saturated heterocycles. The van der Waals surface area contributed by atoms with Gasteiger partial charge in [-0.2, -0.15) is 0 Å². The second-order valence-corrected chi connectivity index (χ2v) is 6.51. The first kappa shape index (κ1) is 13.9. The Bertz CT molecular complexity index is 452. The highest BCUT2D eigenvalue weighted by atomic mass is 19.1. The predicted octanol–water partition coefficient (Wildman–Crippen LogP) is 3.73. The maximum Gasteiger partial charge on any atom is 0.123 e. The van der Waals surface area contributed by atoms with Crippen LogP contribution in [0.4, 0.5) is 10.1 Å². The van der Waals surface area contributed by atoms with E-state index in [0.717, 1.165) is 30.5 Å². The fraction of sp³-hybridized carbons (Fsp3) is 0.647. The van der Waals surface area contributed by atoms with E-state index in [2.05, 4.69) is 17.1 Å². The summed E-state index contributed by atoms with van der Waals surface area (Å²) in [6.07, 6.45) is 5.44. The van der Waals surface area contributed by atoms with Crippen LogP contribution in [0.5, 0.6) is 0 Å². The minimum atomic E-state index is -0.136. The molecule has 1 aromatic rings. The third-order valence-corrected chi connectivity index (χ3v) is 4.58. The Balaban J connectivity index is 1.86. The van der Waals surface area contributed by atoms with Crippen LogP contribution in [0.25, 0.3) is 0 Å². The first-order valence-corrected chi connectivity index (χ1v) is 7.89. The molecule has 1 aromatic carbocycles. The van der Waals surface area contributed by atoms with Crippen LogP contribution in [-0.4, -0.2) is 20.1 Å². The van der Waals surface area contributed by atoms with Crippen molar-refractivity contribution >= 4 is 5.69 Å². The summed E-state index contributed by atoms with van der Waals surface area (Å²) in [4.78, 5) is 2.51. The van der Waals surface area contributed by atoms with Crippen molar-refractivity contribution in [2.24, 2.45) is 11.8 Å². The van der Waals surface area contributed by atoms with Crippen LogP contribution in [0.2, 0.25) is 0 Å². The van der Waals surface area contributed by atoms with Crippen LogP contribution in [0, 0.1) is 17.7 Å². The number of hydrogen-bond acceptors (Lipinski definition) is 2. The van der Waals surface area contributed by atoms with Crippen molar-refractivity contribution in [1.82, 2.24) is 5.32 Å². The number of hydrogen-bond donors (Lipinski definition) is 1. The normalized spacial score (nSPS) is 19.9. The Morgan fingerprint density at radius 3 is 2.30 bits per heavy atom. The zero-order valence-corrected chi connectivity index (χ0v) is 12.5. The number of rotatable bonds is 7. The molecule has 3 heteroatoms. The molecule has 0 radical (unpaired) electrons. The Morgan fingerprint density at radius 2 is 1.80 bits per heavy atom. The predicted molar refractivity (Wildman–Crippen MR) is 81.5 cm³/mol. The first-order valence-electron chi connectivity index (χ1n) is 7.89. The van der Waals surface area contributed by atoms with Gasteiger partial charge < -0.3 is 10.2 Å². The lowest BCUT2D eigenvalue weighted by atomic mass is 10.0. The highest BCUT2D eigenvalue weighted by molar-refractivity contribution is 5.55. The van der Waals surface area contributed by atoms with Gasteiger partial charge in [-0.15, -0.1) is 0 Å². The van der Waals surface area contributed by atoms with Crippen LogP contribution >= 0.6 is 0 Å². The van der Waals surface area contributed by atoms with Crippen LogP contribution in [-0.2, 0) is 0 Å². The van der Waals surface area contributed by atoms with Gasteiger partial charge in [0.05, 0.1) is 0 Å². The van der Waals surface area contributed by atoms with E-state index in [4.69, 9.17) is 0 Å². The molecule has 2 aliphatic rings. The third kappa shape index (κ3) is 3.32. The van der Waals surface area contributed by atoms with E-state index in [1.165, 1.54) is 31.4 Å². The second-order valence-electron chi connectivity index (χ2n) is 6.51.